The Hall–Kier alpha value is -2.77. The summed E-state index contributed by atoms with van der Waals surface area (Å²) in [5, 5.41) is 2.68. The van der Waals surface area contributed by atoms with Crippen LogP contribution in [0.5, 0.6) is 5.75 Å². The van der Waals surface area contributed by atoms with E-state index in [4.69, 9.17) is 16.3 Å². The molecule has 2 aromatic carbocycles. The molecule has 27 heavy (non-hydrogen) atoms. The second-order valence-corrected chi connectivity index (χ2v) is 7.00. The predicted octanol–water partition coefficient (Wildman–Crippen LogP) is 4.02. The van der Waals surface area contributed by atoms with E-state index >= 15 is 0 Å². The van der Waals surface area contributed by atoms with Crippen molar-refractivity contribution in [2.24, 2.45) is 0 Å². The molecule has 1 fully saturated rings. The largest absolute Gasteiger partial charge is 0.495 e. The second-order valence-electron chi connectivity index (χ2n) is 5.57. The fourth-order valence-corrected chi connectivity index (χ4v) is 3.50. The van der Waals surface area contributed by atoms with Crippen molar-refractivity contribution >= 4 is 52.2 Å². The van der Waals surface area contributed by atoms with E-state index in [-0.39, 0.29) is 11.4 Å². The highest BCUT2D eigenvalue weighted by molar-refractivity contribution is 8.18. The van der Waals surface area contributed by atoms with E-state index in [1.54, 1.807) is 54.6 Å². The molecule has 1 N–H and O–H groups in total. The topological polar surface area (TPSA) is 75.7 Å². The first-order chi connectivity index (χ1) is 13.0. The number of methoxy groups -OCH3 is 1. The van der Waals surface area contributed by atoms with Crippen LogP contribution in [0, 0.1) is 0 Å². The number of nitrogens with one attached hydrogen (secondary N) is 1. The number of anilines is 1. The molecule has 0 aromatic heterocycles. The lowest BCUT2D eigenvalue weighted by molar-refractivity contribution is -0.127. The zero-order valence-electron chi connectivity index (χ0n) is 14.3. The zero-order valence-corrected chi connectivity index (χ0v) is 15.8. The van der Waals surface area contributed by atoms with Crippen LogP contribution in [0.2, 0.25) is 5.02 Å². The van der Waals surface area contributed by atoms with Crippen molar-refractivity contribution < 1.29 is 19.1 Å². The third-order valence-corrected chi connectivity index (χ3v) is 4.85. The van der Waals surface area contributed by atoms with Crippen LogP contribution < -0.4 is 10.1 Å². The maximum absolute atomic E-state index is 12.5. The smallest absolute Gasteiger partial charge is 0.294 e. The van der Waals surface area contributed by atoms with Gasteiger partial charge in [0.15, 0.2) is 0 Å². The molecule has 0 unspecified atom stereocenters. The summed E-state index contributed by atoms with van der Waals surface area (Å²) < 4.78 is 5.17. The van der Waals surface area contributed by atoms with Gasteiger partial charge in [0, 0.05) is 5.02 Å². The molecular formula is C19H15ClN2O4S. The maximum atomic E-state index is 12.5. The quantitative estimate of drug-likeness (QED) is 0.764. The maximum Gasteiger partial charge on any atom is 0.294 e. The Bertz CT molecular complexity index is 945. The molecule has 8 heteroatoms. The van der Waals surface area contributed by atoms with E-state index in [1.165, 1.54) is 7.11 Å². The van der Waals surface area contributed by atoms with Gasteiger partial charge < -0.3 is 10.1 Å². The van der Waals surface area contributed by atoms with E-state index < -0.39 is 17.1 Å². The third-order valence-electron chi connectivity index (χ3n) is 3.70. The Morgan fingerprint density at radius 2 is 2.00 bits per heavy atom. The lowest BCUT2D eigenvalue weighted by Crippen LogP contribution is -2.36. The molecule has 0 atom stereocenters. The summed E-state index contributed by atoms with van der Waals surface area (Å²) >= 11 is 6.72. The van der Waals surface area contributed by atoms with Crippen LogP contribution in [0.3, 0.4) is 0 Å². The van der Waals surface area contributed by atoms with Gasteiger partial charge in [-0.05, 0) is 47.7 Å². The van der Waals surface area contributed by atoms with E-state index in [0.29, 0.717) is 22.0 Å². The third kappa shape index (κ3) is 4.50. The SMILES string of the molecule is COc1ccccc1NC(=O)CN1C(=O)S/C(=C/c2cccc(Cl)c2)C1=O. The van der Waals surface area contributed by atoms with Crippen molar-refractivity contribution in [3.63, 3.8) is 0 Å². The number of thioether (sulfide) groups is 1. The average molecular weight is 403 g/mol. The molecule has 0 radical (unpaired) electrons. The number of carbonyl (C=O) groups is 3. The summed E-state index contributed by atoms with van der Waals surface area (Å²) in [6, 6.07) is 13.8. The van der Waals surface area contributed by atoms with Crippen LogP contribution in [-0.2, 0) is 9.59 Å². The van der Waals surface area contributed by atoms with Crippen LogP contribution in [0.1, 0.15) is 5.56 Å². The number of hydrogen-bond donors (Lipinski definition) is 1. The summed E-state index contributed by atoms with van der Waals surface area (Å²) in [4.78, 5) is 38.1. The number of imide groups is 1. The summed E-state index contributed by atoms with van der Waals surface area (Å²) in [5.41, 5.74) is 1.16. The molecule has 0 spiro atoms. The molecule has 0 bridgehead atoms. The number of hydrogen-bond acceptors (Lipinski definition) is 5. The number of carbonyl (C=O) groups excluding carboxylic acids is 3. The number of amides is 3. The van der Waals surface area contributed by atoms with Gasteiger partial charge in [0.2, 0.25) is 5.91 Å². The number of ether oxygens (including phenoxy) is 1. The molecule has 0 aliphatic carbocycles. The molecule has 1 aliphatic heterocycles. The molecule has 1 saturated heterocycles. The van der Waals surface area contributed by atoms with Gasteiger partial charge in [-0.2, -0.15) is 0 Å². The highest BCUT2D eigenvalue weighted by atomic mass is 35.5. The van der Waals surface area contributed by atoms with E-state index in [0.717, 1.165) is 16.7 Å². The van der Waals surface area contributed by atoms with E-state index in [9.17, 15) is 14.4 Å². The summed E-state index contributed by atoms with van der Waals surface area (Å²) in [7, 11) is 1.49. The standard InChI is InChI=1S/C19H15ClN2O4S/c1-26-15-8-3-2-7-14(15)21-17(23)11-22-18(24)16(27-19(22)25)10-12-5-4-6-13(20)9-12/h2-10H,11H2,1H3,(H,21,23)/b16-10+. The molecule has 2 aromatic rings. The normalized spacial score (nSPS) is 15.3. The van der Waals surface area contributed by atoms with E-state index in [2.05, 4.69) is 5.32 Å². The average Bonchev–Trinajstić information content (AvgIpc) is 2.89. The first kappa shape index (κ1) is 19.0. The molecule has 3 rings (SSSR count). The Morgan fingerprint density at radius 3 is 2.74 bits per heavy atom. The Morgan fingerprint density at radius 1 is 1.22 bits per heavy atom. The van der Waals surface area contributed by atoms with Crippen molar-refractivity contribution in [1.82, 2.24) is 4.90 Å². The predicted molar refractivity (Wildman–Crippen MR) is 106 cm³/mol. The highest BCUT2D eigenvalue weighted by Gasteiger charge is 2.36. The minimum Gasteiger partial charge on any atom is -0.495 e. The van der Waals surface area contributed by atoms with Crippen molar-refractivity contribution in [3.05, 3.63) is 64.0 Å². The van der Waals surface area contributed by atoms with Crippen LogP contribution in [0.15, 0.2) is 53.4 Å². The van der Waals surface area contributed by atoms with Gasteiger partial charge in [0.1, 0.15) is 12.3 Å². The fourth-order valence-electron chi connectivity index (χ4n) is 2.47. The summed E-state index contributed by atoms with van der Waals surface area (Å²) in [6.07, 6.45) is 1.58. The first-order valence-corrected chi connectivity index (χ1v) is 9.11. The minimum atomic E-state index is -0.514. The van der Waals surface area contributed by atoms with Gasteiger partial charge in [-0.1, -0.05) is 35.9 Å². The van der Waals surface area contributed by atoms with Crippen molar-refractivity contribution in [1.29, 1.82) is 0 Å². The van der Waals surface area contributed by atoms with Gasteiger partial charge in [-0.3, -0.25) is 19.3 Å². The summed E-state index contributed by atoms with van der Waals surface area (Å²) in [6.45, 7) is -0.379. The number of rotatable bonds is 5. The lowest BCUT2D eigenvalue weighted by Gasteiger charge is -2.14. The molecule has 3 amide bonds. The van der Waals surface area contributed by atoms with Crippen molar-refractivity contribution in [3.8, 4) is 5.75 Å². The number of halogens is 1. The fraction of sp³-hybridized carbons (Fsp3) is 0.105. The lowest BCUT2D eigenvalue weighted by atomic mass is 10.2. The number of para-hydroxylation sites is 2. The van der Waals surface area contributed by atoms with Crippen molar-refractivity contribution in [2.45, 2.75) is 0 Å². The summed E-state index contributed by atoms with van der Waals surface area (Å²) in [5.74, 6) is -0.521. The van der Waals surface area contributed by atoms with Gasteiger partial charge in [-0.15, -0.1) is 0 Å². The van der Waals surface area contributed by atoms with Crippen LogP contribution in [0.4, 0.5) is 10.5 Å². The molecular weight excluding hydrogens is 388 g/mol. The number of nitrogens with zero attached hydrogens (tertiary/aromatic N) is 1. The first-order valence-electron chi connectivity index (χ1n) is 7.92. The Kier molecular flexibility index (Phi) is 5.83. The van der Waals surface area contributed by atoms with Crippen LogP contribution in [-0.4, -0.2) is 35.6 Å². The van der Waals surface area contributed by atoms with E-state index in [1.807, 2.05) is 0 Å². The van der Waals surface area contributed by atoms with Crippen molar-refractivity contribution in [2.75, 3.05) is 19.0 Å². The number of benzene rings is 2. The molecule has 138 valence electrons. The van der Waals surface area contributed by atoms with Crippen LogP contribution >= 0.6 is 23.4 Å². The molecule has 6 nitrogen and oxygen atoms in total. The minimum absolute atomic E-state index is 0.243. The molecule has 0 saturated carbocycles. The Labute approximate surface area is 165 Å². The monoisotopic (exact) mass is 402 g/mol. The van der Waals surface area contributed by atoms with Crippen LogP contribution in [0.25, 0.3) is 6.08 Å². The molecule has 1 heterocycles. The van der Waals surface area contributed by atoms with Gasteiger partial charge in [0.05, 0.1) is 17.7 Å². The highest BCUT2D eigenvalue weighted by Crippen LogP contribution is 2.32. The van der Waals surface area contributed by atoms with Gasteiger partial charge in [-0.25, -0.2) is 0 Å². The Balaban J connectivity index is 1.71. The molecule has 1 aliphatic rings. The van der Waals surface area contributed by atoms with Gasteiger partial charge in [0.25, 0.3) is 11.1 Å². The van der Waals surface area contributed by atoms with Gasteiger partial charge >= 0.3 is 0 Å². The zero-order chi connectivity index (χ0) is 19.4. The second kappa shape index (κ2) is 8.28.